The second-order valence-electron chi connectivity index (χ2n) is 6.56. The number of aryl methyl sites for hydroxylation is 1. The Kier molecular flexibility index (Phi) is 5.21. The third kappa shape index (κ3) is 4.15. The predicted molar refractivity (Wildman–Crippen MR) is 99.6 cm³/mol. The summed E-state index contributed by atoms with van der Waals surface area (Å²) in [4.78, 5) is -0.0676. The second-order valence-corrected chi connectivity index (χ2v) is 10.3. The van der Waals surface area contributed by atoms with Gasteiger partial charge in [-0.15, -0.1) is 0 Å². The highest BCUT2D eigenvalue weighted by molar-refractivity contribution is 7.90. The van der Waals surface area contributed by atoms with Gasteiger partial charge in [-0.1, -0.05) is 30.3 Å². The van der Waals surface area contributed by atoms with Gasteiger partial charge in [-0.2, -0.15) is 4.31 Å². The molecule has 0 radical (unpaired) electrons. The van der Waals surface area contributed by atoms with Crippen LogP contribution in [0, 0.1) is 6.92 Å². The zero-order chi connectivity index (χ0) is 18.9. The standard InChI is InChI=1S/C18H22N2O4S2/c1-14-6-3-4-7-15(14)13-20(2)26(23,24)18-9-5-8-17(12-18)25(21,22)19-16-10-11-16/h3-9,12,16,19H,10-11,13H2,1-2H3. The summed E-state index contributed by atoms with van der Waals surface area (Å²) in [7, 11) is -6.02. The van der Waals surface area contributed by atoms with Crippen LogP contribution in [0.4, 0.5) is 0 Å². The normalized spacial score (nSPS) is 15.3. The number of sulfonamides is 2. The number of nitrogens with zero attached hydrogens (tertiary/aromatic N) is 1. The molecule has 0 spiro atoms. The summed E-state index contributed by atoms with van der Waals surface area (Å²) in [6, 6.07) is 13.0. The summed E-state index contributed by atoms with van der Waals surface area (Å²) in [6.45, 7) is 2.14. The predicted octanol–water partition coefficient (Wildman–Crippen LogP) is 2.26. The maximum atomic E-state index is 12.9. The zero-order valence-electron chi connectivity index (χ0n) is 14.7. The molecule has 0 aromatic heterocycles. The maximum Gasteiger partial charge on any atom is 0.243 e. The smallest absolute Gasteiger partial charge is 0.208 e. The quantitative estimate of drug-likeness (QED) is 0.781. The molecule has 140 valence electrons. The Balaban J connectivity index is 1.87. The van der Waals surface area contributed by atoms with Gasteiger partial charge in [0.05, 0.1) is 9.79 Å². The molecule has 8 heteroatoms. The molecular formula is C18H22N2O4S2. The zero-order valence-corrected chi connectivity index (χ0v) is 16.3. The highest BCUT2D eigenvalue weighted by Crippen LogP contribution is 2.24. The number of hydrogen-bond donors (Lipinski definition) is 1. The summed E-state index contributed by atoms with van der Waals surface area (Å²) in [6.07, 6.45) is 1.63. The Labute approximate surface area is 155 Å². The minimum atomic E-state index is -3.81. The summed E-state index contributed by atoms with van der Waals surface area (Å²) in [5.41, 5.74) is 1.90. The Morgan fingerprint density at radius 2 is 1.65 bits per heavy atom. The van der Waals surface area contributed by atoms with Crippen LogP contribution >= 0.6 is 0 Å². The van der Waals surface area contributed by atoms with Crippen LogP contribution in [0.3, 0.4) is 0 Å². The van der Waals surface area contributed by atoms with E-state index in [0.717, 1.165) is 24.0 Å². The Bertz CT molecular complexity index is 1010. The van der Waals surface area contributed by atoms with Crippen molar-refractivity contribution in [3.8, 4) is 0 Å². The minimum absolute atomic E-state index is 0.0326. The molecule has 0 bridgehead atoms. The molecule has 0 saturated heterocycles. The van der Waals surface area contributed by atoms with Gasteiger partial charge in [-0.05, 0) is 49.1 Å². The molecule has 0 amide bonds. The monoisotopic (exact) mass is 394 g/mol. The van der Waals surface area contributed by atoms with Crippen molar-refractivity contribution in [3.63, 3.8) is 0 Å². The van der Waals surface area contributed by atoms with Crippen molar-refractivity contribution in [1.29, 1.82) is 0 Å². The largest absolute Gasteiger partial charge is 0.243 e. The molecule has 6 nitrogen and oxygen atoms in total. The molecule has 2 aromatic rings. The van der Waals surface area contributed by atoms with Crippen molar-refractivity contribution in [2.45, 2.75) is 42.1 Å². The van der Waals surface area contributed by atoms with Gasteiger partial charge in [0.2, 0.25) is 20.0 Å². The molecule has 2 aromatic carbocycles. The molecule has 1 N–H and O–H groups in total. The summed E-state index contributed by atoms with van der Waals surface area (Å²) >= 11 is 0. The van der Waals surface area contributed by atoms with Gasteiger partial charge in [0.1, 0.15) is 0 Å². The lowest BCUT2D eigenvalue weighted by Gasteiger charge is -2.19. The maximum absolute atomic E-state index is 12.9. The number of nitrogens with one attached hydrogen (secondary N) is 1. The molecule has 1 fully saturated rings. The van der Waals surface area contributed by atoms with E-state index >= 15 is 0 Å². The van der Waals surface area contributed by atoms with Gasteiger partial charge in [0, 0.05) is 19.6 Å². The molecule has 3 rings (SSSR count). The van der Waals surface area contributed by atoms with Crippen LogP contribution < -0.4 is 4.72 Å². The van der Waals surface area contributed by atoms with Crippen molar-refractivity contribution < 1.29 is 16.8 Å². The average molecular weight is 395 g/mol. The van der Waals surface area contributed by atoms with Crippen LogP contribution in [0.25, 0.3) is 0 Å². The minimum Gasteiger partial charge on any atom is -0.208 e. The van der Waals surface area contributed by atoms with Crippen LogP contribution in [0.1, 0.15) is 24.0 Å². The van der Waals surface area contributed by atoms with E-state index < -0.39 is 20.0 Å². The van der Waals surface area contributed by atoms with Crippen molar-refractivity contribution in [2.75, 3.05) is 7.05 Å². The first kappa shape index (κ1) is 19.0. The van der Waals surface area contributed by atoms with Gasteiger partial charge < -0.3 is 0 Å². The molecular weight excluding hydrogens is 372 g/mol. The fraction of sp³-hybridized carbons (Fsp3) is 0.333. The van der Waals surface area contributed by atoms with E-state index in [-0.39, 0.29) is 22.4 Å². The molecule has 0 heterocycles. The number of benzene rings is 2. The van der Waals surface area contributed by atoms with Gasteiger partial charge in [0.25, 0.3) is 0 Å². The Morgan fingerprint density at radius 1 is 1.00 bits per heavy atom. The molecule has 0 unspecified atom stereocenters. The van der Waals surface area contributed by atoms with E-state index in [9.17, 15) is 16.8 Å². The topological polar surface area (TPSA) is 83.6 Å². The van der Waals surface area contributed by atoms with Gasteiger partial charge in [0.15, 0.2) is 0 Å². The Morgan fingerprint density at radius 3 is 2.31 bits per heavy atom. The van der Waals surface area contributed by atoms with Crippen LogP contribution in [0.2, 0.25) is 0 Å². The fourth-order valence-electron chi connectivity index (χ4n) is 2.58. The van der Waals surface area contributed by atoms with Gasteiger partial charge in [-0.3, -0.25) is 0 Å². The highest BCUT2D eigenvalue weighted by Gasteiger charge is 2.29. The first-order chi connectivity index (χ1) is 12.2. The number of hydrogen-bond acceptors (Lipinski definition) is 4. The van der Waals surface area contributed by atoms with E-state index in [1.54, 1.807) is 0 Å². The summed E-state index contributed by atoms with van der Waals surface area (Å²) in [5, 5.41) is 0. The van der Waals surface area contributed by atoms with Crippen molar-refractivity contribution in [3.05, 3.63) is 59.7 Å². The van der Waals surface area contributed by atoms with Crippen LogP contribution in [-0.2, 0) is 26.6 Å². The van der Waals surface area contributed by atoms with Crippen molar-refractivity contribution in [2.24, 2.45) is 0 Å². The van der Waals surface area contributed by atoms with Crippen LogP contribution in [0.5, 0.6) is 0 Å². The van der Waals surface area contributed by atoms with E-state index in [1.807, 2.05) is 31.2 Å². The lowest BCUT2D eigenvalue weighted by Crippen LogP contribution is -2.28. The summed E-state index contributed by atoms with van der Waals surface area (Å²) < 4.78 is 54.2. The Hall–Kier alpha value is -1.74. The van der Waals surface area contributed by atoms with E-state index in [0.29, 0.717) is 0 Å². The third-order valence-electron chi connectivity index (χ3n) is 4.38. The SMILES string of the molecule is Cc1ccccc1CN(C)S(=O)(=O)c1cccc(S(=O)(=O)NC2CC2)c1. The summed E-state index contributed by atoms with van der Waals surface area (Å²) in [5.74, 6) is 0. The molecule has 1 saturated carbocycles. The van der Waals surface area contributed by atoms with Gasteiger partial charge >= 0.3 is 0 Å². The highest BCUT2D eigenvalue weighted by atomic mass is 32.2. The third-order valence-corrected chi connectivity index (χ3v) is 7.69. The van der Waals surface area contributed by atoms with E-state index in [2.05, 4.69) is 4.72 Å². The van der Waals surface area contributed by atoms with Crippen molar-refractivity contribution in [1.82, 2.24) is 9.03 Å². The lowest BCUT2D eigenvalue weighted by atomic mass is 10.1. The fourth-order valence-corrected chi connectivity index (χ4v) is 5.20. The van der Waals surface area contributed by atoms with E-state index in [1.165, 1.54) is 35.6 Å². The van der Waals surface area contributed by atoms with Crippen LogP contribution in [0.15, 0.2) is 58.3 Å². The van der Waals surface area contributed by atoms with E-state index in [4.69, 9.17) is 0 Å². The molecule has 26 heavy (non-hydrogen) atoms. The lowest BCUT2D eigenvalue weighted by molar-refractivity contribution is 0.466. The molecule has 1 aliphatic rings. The molecule has 0 atom stereocenters. The molecule has 1 aliphatic carbocycles. The first-order valence-electron chi connectivity index (χ1n) is 8.33. The van der Waals surface area contributed by atoms with Crippen molar-refractivity contribution >= 4 is 20.0 Å². The first-order valence-corrected chi connectivity index (χ1v) is 11.3. The second kappa shape index (κ2) is 7.11. The average Bonchev–Trinajstić information content (AvgIpc) is 3.40. The van der Waals surface area contributed by atoms with Crippen LogP contribution in [-0.4, -0.2) is 34.2 Å². The van der Waals surface area contributed by atoms with Gasteiger partial charge in [-0.25, -0.2) is 21.6 Å². The molecule has 0 aliphatic heterocycles. The number of rotatable bonds is 7.